The van der Waals surface area contributed by atoms with E-state index in [1.54, 1.807) is 0 Å². The summed E-state index contributed by atoms with van der Waals surface area (Å²) in [5.74, 6) is 0. The van der Waals surface area contributed by atoms with Crippen molar-refractivity contribution >= 4 is 0 Å². The topological polar surface area (TPSA) is 27.3 Å². The molecule has 0 amide bonds. The second-order valence-electron chi connectivity index (χ2n) is 4.92. The van der Waals surface area contributed by atoms with E-state index in [0.29, 0.717) is 0 Å². The van der Waals surface area contributed by atoms with E-state index in [-0.39, 0.29) is 0 Å². The predicted molar refractivity (Wildman–Crippen MR) is 63.9 cm³/mol. The fourth-order valence-electron chi connectivity index (χ4n) is 2.61. The Morgan fingerprint density at radius 2 is 1.67 bits per heavy atom. The van der Waals surface area contributed by atoms with Gasteiger partial charge in [0.15, 0.2) is 0 Å². The Balaban J connectivity index is 1.62. The first-order valence-corrected chi connectivity index (χ1v) is 6.61. The Morgan fingerprint density at radius 1 is 1.00 bits per heavy atom. The molecule has 0 spiro atoms. The Kier molecular flexibility index (Phi) is 4.90. The van der Waals surface area contributed by atoms with Crippen LogP contribution in [0.1, 0.15) is 38.5 Å². The van der Waals surface area contributed by atoms with Crippen LogP contribution in [0.4, 0.5) is 0 Å². The molecule has 0 bridgehead atoms. The molecule has 1 aliphatic carbocycles. The van der Waals surface area contributed by atoms with Crippen molar-refractivity contribution in [2.45, 2.75) is 44.6 Å². The van der Waals surface area contributed by atoms with Crippen LogP contribution in [0.25, 0.3) is 0 Å². The number of hydrogen-bond donors (Lipinski definition) is 2. The lowest BCUT2D eigenvalue weighted by Gasteiger charge is -2.29. The normalized spacial score (nSPS) is 26.4. The summed E-state index contributed by atoms with van der Waals surface area (Å²) < 4.78 is 0. The van der Waals surface area contributed by atoms with Crippen molar-refractivity contribution in [3.63, 3.8) is 0 Å². The minimum Gasteiger partial charge on any atom is -0.314 e. The molecule has 1 heterocycles. The maximum Gasteiger partial charge on any atom is 0.0483 e. The molecule has 1 aliphatic heterocycles. The highest BCUT2D eigenvalue weighted by atomic mass is 15.3. The maximum atomic E-state index is 3.73. The molecule has 0 aromatic carbocycles. The van der Waals surface area contributed by atoms with Crippen LogP contribution >= 0.6 is 0 Å². The van der Waals surface area contributed by atoms with E-state index < -0.39 is 0 Å². The van der Waals surface area contributed by atoms with Gasteiger partial charge in [0, 0.05) is 38.9 Å². The Bertz CT molecular complexity index is 158. The second-order valence-corrected chi connectivity index (χ2v) is 4.92. The smallest absolute Gasteiger partial charge is 0.0483 e. The third kappa shape index (κ3) is 4.09. The van der Waals surface area contributed by atoms with Gasteiger partial charge in [0.2, 0.25) is 0 Å². The van der Waals surface area contributed by atoms with Gasteiger partial charge in [0.05, 0.1) is 0 Å². The third-order valence-corrected chi connectivity index (χ3v) is 3.67. The molecule has 1 saturated heterocycles. The molecule has 0 atom stereocenters. The molecule has 3 heteroatoms. The van der Waals surface area contributed by atoms with E-state index in [1.165, 1.54) is 51.6 Å². The summed E-state index contributed by atoms with van der Waals surface area (Å²) in [4.78, 5) is 2.53. The minimum atomic E-state index is 0.794. The summed E-state index contributed by atoms with van der Waals surface area (Å²) in [6.45, 7) is 5.84. The van der Waals surface area contributed by atoms with E-state index >= 15 is 0 Å². The molecule has 88 valence electrons. The molecule has 2 rings (SSSR count). The molecule has 2 N–H and O–H groups in total. The lowest BCUT2D eigenvalue weighted by molar-refractivity contribution is 0.209. The van der Waals surface area contributed by atoms with E-state index in [1.807, 2.05) is 0 Å². The summed E-state index contributed by atoms with van der Waals surface area (Å²) in [7, 11) is 0. The zero-order valence-corrected chi connectivity index (χ0v) is 9.80. The van der Waals surface area contributed by atoms with Crippen LogP contribution in [0, 0.1) is 0 Å². The van der Waals surface area contributed by atoms with Crippen molar-refractivity contribution < 1.29 is 0 Å². The summed E-state index contributed by atoms with van der Waals surface area (Å²) in [5.41, 5.74) is 0. The fraction of sp³-hybridized carbons (Fsp3) is 1.00. The van der Waals surface area contributed by atoms with Crippen LogP contribution in [0.2, 0.25) is 0 Å². The van der Waals surface area contributed by atoms with Crippen LogP contribution in [0.5, 0.6) is 0 Å². The lowest BCUT2D eigenvalue weighted by Crippen LogP contribution is -2.48. The van der Waals surface area contributed by atoms with Crippen molar-refractivity contribution in [1.82, 2.24) is 15.5 Å². The average Bonchev–Trinajstić information content (AvgIpc) is 2.56. The summed E-state index contributed by atoms with van der Waals surface area (Å²) >= 11 is 0. The highest BCUT2D eigenvalue weighted by molar-refractivity contribution is 4.72. The fourth-order valence-corrected chi connectivity index (χ4v) is 2.61. The Labute approximate surface area is 93.6 Å². The molecule has 0 aromatic heterocycles. The molecule has 2 aliphatic rings. The number of hydrogen-bond acceptors (Lipinski definition) is 3. The van der Waals surface area contributed by atoms with Crippen molar-refractivity contribution in [3.8, 4) is 0 Å². The van der Waals surface area contributed by atoms with E-state index in [2.05, 4.69) is 15.5 Å². The van der Waals surface area contributed by atoms with Gasteiger partial charge in [-0.25, -0.2) is 0 Å². The highest BCUT2D eigenvalue weighted by Gasteiger charge is 2.14. The van der Waals surface area contributed by atoms with Gasteiger partial charge in [-0.2, -0.15) is 0 Å². The quantitative estimate of drug-likeness (QED) is 0.686. The molecule has 1 saturated carbocycles. The van der Waals surface area contributed by atoms with Crippen LogP contribution in [0.15, 0.2) is 0 Å². The van der Waals surface area contributed by atoms with Crippen LogP contribution in [-0.2, 0) is 0 Å². The SMILES string of the molecule is C1CCCC(NCN2CCNCC2)CC1. The van der Waals surface area contributed by atoms with Crippen LogP contribution < -0.4 is 10.6 Å². The number of nitrogens with one attached hydrogen (secondary N) is 2. The number of rotatable bonds is 3. The third-order valence-electron chi connectivity index (χ3n) is 3.67. The molecule has 2 fully saturated rings. The first-order chi connectivity index (χ1) is 7.45. The predicted octanol–water partition coefficient (Wildman–Crippen LogP) is 1.16. The van der Waals surface area contributed by atoms with Gasteiger partial charge < -0.3 is 10.6 Å². The average molecular weight is 211 g/mol. The zero-order chi connectivity index (χ0) is 10.3. The van der Waals surface area contributed by atoms with Gasteiger partial charge in [0.25, 0.3) is 0 Å². The maximum absolute atomic E-state index is 3.73. The monoisotopic (exact) mass is 211 g/mol. The summed E-state index contributed by atoms with van der Waals surface area (Å²) in [6.07, 6.45) is 8.55. The first-order valence-electron chi connectivity index (χ1n) is 6.61. The van der Waals surface area contributed by atoms with Crippen LogP contribution in [-0.4, -0.2) is 43.8 Å². The van der Waals surface area contributed by atoms with Gasteiger partial charge in [-0.1, -0.05) is 25.7 Å². The lowest BCUT2D eigenvalue weighted by atomic mass is 10.1. The van der Waals surface area contributed by atoms with E-state index in [0.717, 1.165) is 25.8 Å². The van der Waals surface area contributed by atoms with Gasteiger partial charge in [-0.15, -0.1) is 0 Å². The Hall–Kier alpha value is -0.120. The minimum absolute atomic E-state index is 0.794. The molecule has 15 heavy (non-hydrogen) atoms. The van der Waals surface area contributed by atoms with Gasteiger partial charge in [-0.05, 0) is 12.8 Å². The summed E-state index contributed by atoms with van der Waals surface area (Å²) in [6, 6.07) is 0.794. The molecular formula is C12H25N3. The van der Waals surface area contributed by atoms with E-state index in [4.69, 9.17) is 0 Å². The standard InChI is InChI=1S/C12H25N3/c1-2-4-6-12(5-3-1)14-11-15-9-7-13-8-10-15/h12-14H,1-11H2. The highest BCUT2D eigenvalue weighted by Crippen LogP contribution is 2.17. The summed E-state index contributed by atoms with van der Waals surface area (Å²) in [5, 5.41) is 7.12. The van der Waals surface area contributed by atoms with E-state index in [9.17, 15) is 0 Å². The molecule has 0 aromatic rings. The molecular weight excluding hydrogens is 186 g/mol. The van der Waals surface area contributed by atoms with Gasteiger partial charge >= 0.3 is 0 Å². The molecule has 3 nitrogen and oxygen atoms in total. The molecule has 0 radical (unpaired) electrons. The van der Waals surface area contributed by atoms with Gasteiger partial charge in [-0.3, -0.25) is 4.90 Å². The van der Waals surface area contributed by atoms with Crippen molar-refractivity contribution in [1.29, 1.82) is 0 Å². The van der Waals surface area contributed by atoms with Crippen LogP contribution in [0.3, 0.4) is 0 Å². The number of nitrogens with zero attached hydrogens (tertiary/aromatic N) is 1. The van der Waals surface area contributed by atoms with Crippen molar-refractivity contribution in [2.24, 2.45) is 0 Å². The van der Waals surface area contributed by atoms with Gasteiger partial charge in [0.1, 0.15) is 0 Å². The molecule has 0 unspecified atom stereocenters. The Morgan fingerprint density at radius 3 is 2.33 bits per heavy atom. The zero-order valence-electron chi connectivity index (χ0n) is 9.80. The van der Waals surface area contributed by atoms with Crippen molar-refractivity contribution in [3.05, 3.63) is 0 Å². The first kappa shape index (κ1) is 11.4. The number of piperazine rings is 1. The van der Waals surface area contributed by atoms with Crippen molar-refractivity contribution in [2.75, 3.05) is 32.8 Å². The largest absolute Gasteiger partial charge is 0.314 e. The second kappa shape index (κ2) is 6.46.